The Labute approximate surface area is 267 Å². The average Bonchev–Trinajstić information content (AvgIpc) is 2.94. The zero-order valence-corrected chi connectivity index (χ0v) is 27.5. The Morgan fingerprint density at radius 2 is 1.64 bits per heavy atom. The van der Waals surface area contributed by atoms with Gasteiger partial charge in [0.15, 0.2) is 0 Å². The number of hydrogen-bond donors (Lipinski definition) is 1. The maximum atomic E-state index is 14.2. The van der Waals surface area contributed by atoms with Crippen LogP contribution in [0, 0.1) is 6.92 Å². The molecule has 13 heteroatoms. The van der Waals surface area contributed by atoms with Crippen molar-refractivity contribution in [2.24, 2.45) is 0 Å². The zero-order chi connectivity index (χ0) is 33.7. The Kier molecular flexibility index (Phi) is 11.2. The first-order chi connectivity index (χ1) is 20.9. The average molecular weight is 668 g/mol. The van der Waals surface area contributed by atoms with E-state index in [-0.39, 0.29) is 17.9 Å². The number of sulfonamides is 1. The van der Waals surface area contributed by atoms with Crippen molar-refractivity contribution in [3.8, 4) is 5.75 Å². The summed E-state index contributed by atoms with van der Waals surface area (Å²) in [6, 6.07) is 14.1. The predicted octanol–water partition coefficient (Wildman–Crippen LogP) is 6.59. The third-order valence-electron chi connectivity index (χ3n) is 6.80. The molecule has 2 amide bonds. The SMILES string of the molecule is CC[C@H](C(=O)NC(C)(C)C)N(Cc1cccc(OC)c1)C(=O)CN(c1ccc(Cl)c(C(F)(F)F)c1)S(=O)(=O)c1ccc(C)cc1. The van der Waals surface area contributed by atoms with Crippen molar-refractivity contribution in [1.82, 2.24) is 10.2 Å². The van der Waals surface area contributed by atoms with Gasteiger partial charge in [0.1, 0.15) is 18.3 Å². The van der Waals surface area contributed by atoms with Gasteiger partial charge in [-0.1, -0.05) is 48.4 Å². The zero-order valence-electron chi connectivity index (χ0n) is 25.9. The fourth-order valence-corrected chi connectivity index (χ4v) is 6.22. The van der Waals surface area contributed by atoms with Crippen LogP contribution in [0.3, 0.4) is 0 Å². The van der Waals surface area contributed by atoms with Gasteiger partial charge in [-0.25, -0.2) is 8.42 Å². The molecule has 0 bridgehead atoms. The molecule has 0 radical (unpaired) electrons. The lowest BCUT2D eigenvalue weighted by molar-refractivity contribution is -0.141. The van der Waals surface area contributed by atoms with E-state index in [0.717, 1.165) is 17.7 Å². The second-order valence-electron chi connectivity index (χ2n) is 11.5. The summed E-state index contributed by atoms with van der Waals surface area (Å²) < 4.78 is 75.4. The summed E-state index contributed by atoms with van der Waals surface area (Å²) in [4.78, 5) is 28.6. The molecule has 0 aliphatic carbocycles. The van der Waals surface area contributed by atoms with E-state index in [1.165, 1.54) is 36.3 Å². The Morgan fingerprint density at radius 1 is 1.00 bits per heavy atom. The first-order valence-electron chi connectivity index (χ1n) is 14.1. The highest BCUT2D eigenvalue weighted by Gasteiger charge is 2.37. The van der Waals surface area contributed by atoms with E-state index in [1.807, 2.05) is 0 Å². The third kappa shape index (κ3) is 9.13. The number of alkyl halides is 3. The number of rotatable bonds is 11. The van der Waals surface area contributed by atoms with Crippen molar-refractivity contribution in [2.45, 2.75) is 70.2 Å². The summed E-state index contributed by atoms with van der Waals surface area (Å²) in [7, 11) is -3.11. The normalized spacial score (nSPS) is 12.8. The largest absolute Gasteiger partial charge is 0.497 e. The molecule has 3 aromatic rings. The number of methoxy groups -OCH3 is 1. The molecule has 0 saturated heterocycles. The number of halogens is 4. The van der Waals surface area contributed by atoms with Crippen LogP contribution in [0.2, 0.25) is 5.02 Å². The molecule has 0 aliphatic rings. The van der Waals surface area contributed by atoms with Crippen molar-refractivity contribution in [3.05, 3.63) is 88.4 Å². The van der Waals surface area contributed by atoms with Crippen molar-refractivity contribution in [1.29, 1.82) is 0 Å². The topological polar surface area (TPSA) is 96.0 Å². The molecular formula is C32H37ClF3N3O5S. The van der Waals surface area contributed by atoms with Gasteiger partial charge in [0.2, 0.25) is 11.8 Å². The van der Waals surface area contributed by atoms with E-state index in [1.54, 1.807) is 58.9 Å². The maximum absolute atomic E-state index is 14.2. The van der Waals surface area contributed by atoms with Crippen molar-refractivity contribution >= 4 is 39.1 Å². The number of ether oxygens (including phenoxy) is 1. The minimum atomic E-state index is -4.90. The molecule has 1 atom stereocenters. The van der Waals surface area contributed by atoms with E-state index in [4.69, 9.17) is 16.3 Å². The smallest absolute Gasteiger partial charge is 0.417 e. The lowest BCUT2D eigenvalue weighted by Crippen LogP contribution is -2.55. The fourth-order valence-electron chi connectivity index (χ4n) is 4.59. The summed E-state index contributed by atoms with van der Waals surface area (Å²) >= 11 is 5.84. The molecular weight excluding hydrogens is 631 g/mol. The van der Waals surface area contributed by atoms with Crippen LogP contribution < -0.4 is 14.4 Å². The minimum Gasteiger partial charge on any atom is -0.497 e. The standard InChI is InChI=1S/C32H37ClF3N3O5S/c1-7-28(30(41)37-31(3,4)5)38(19-22-9-8-10-24(17-22)44-6)29(40)20-39(45(42,43)25-14-11-21(2)12-15-25)23-13-16-27(33)26(18-23)32(34,35)36/h8-18,28H,7,19-20H2,1-6H3,(H,37,41)/t28-/m1/s1. The highest BCUT2D eigenvalue weighted by atomic mass is 35.5. The molecule has 0 saturated carbocycles. The quantitative estimate of drug-likeness (QED) is 0.249. The second-order valence-corrected chi connectivity index (χ2v) is 13.8. The molecule has 0 unspecified atom stereocenters. The molecule has 3 rings (SSSR count). The van der Waals surface area contributed by atoms with Gasteiger partial charge in [-0.2, -0.15) is 13.2 Å². The maximum Gasteiger partial charge on any atom is 0.417 e. The molecule has 0 fully saturated rings. The Hall–Kier alpha value is -3.77. The van der Waals surface area contributed by atoms with E-state index < -0.39 is 62.4 Å². The first-order valence-corrected chi connectivity index (χ1v) is 15.9. The van der Waals surface area contributed by atoms with Crippen LogP contribution in [0.25, 0.3) is 0 Å². The van der Waals surface area contributed by atoms with Gasteiger partial charge in [-0.05, 0) is 82.1 Å². The van der Waals surface area contributed by atoms with E-state index >= 15 is 0 Å². The Bertz CT molecular complexity index is 1620. The number of benzene rings is 3. The molecule has 0 heterocycles. The fraction of sp³-hybridized carbons (Fsp3) is 0.375. The number of amides is 2. The van der Waals surface area contributed by atoms with Crippen molar-refractivity contribution < 1.29 is 35.9 Å². The molecule has 1 N–H and O–H groups in total. The summed E-state index contributed by atoms with van der Waals surface area (Å²) in [5.74, 6) is -0.788. The number of hydrogen-bond acceptors (Lipinski definition) is 5. The monoisotopic (exact) mass is 667 g/mol. The first kappa shape index (κ1) is 35.7. The Morgan fingerprint density at radius 3 is 2.20 bits per heavy atom. The van der Waals surface area contributed by atoms with Gasteiger partial charge < -0.3 is 15.0 Å². The molecule has 244 valence electrons. The second kappa shape index (κ2) is 14.1. The number of carbonyl (C=O) groups is 2. The summed E-state index contributed by atoms with van der Waals surface area (Å²) in [6.45, 7) is 7.77. The summed E-state index contributed by atoms with van der Waals surface area (Å²) in [5.41, 5.74) is -0.990. The van der Waals surface area contributed by atoms with Gasteiger partial charge in [0.25, 0.3) is 10.0 Å². The number of aryl methyl sites for hydroxylation is 1. The highest BCUT2D eigenvalue weighted by molar-refractivity contribution is 7.92. The summed E-state index contributed by atoms with van der Waals surface area (Å²) in [5, 5.41) is 2.23. The van der Waals surface area contributed by atoms with E-state index in [2.05, 4.69) is 5.32 Å². The summed E-state index contributed by atoms with van der Waals surface area (Å²) in [6.07, 6.45) is -4.73. The van der Waals surface area contributed by atoms with Gasteiger partial charge in [-0.15, -0.1) is 0 Å². The van der Waals surface area contributed by atoms with Gasteiger partial charge in [0.05, 0.1) is 28.3 Å². The van der Waals surface area contributed by atoms with Crippen LogP contribution in [-0.4, -0.2) is 50.4 Å². The molecule has 45 heavy (non-hydrogen) atoms. The number of nitrogens with one attached hydrogen (secondary N) is 1. The van der Waals surface area contributed by atoms with Crippen LogP contribution in [0.5, 0.6) is 5.75 Å². The lowest BCUT2D eigenvalue weighted by Gasteiger charge is -2.35. The van der Waals surface area contributed by atoms with Gasteiger partial charge >= 0.3 is 6.18 Å². The predicted molar refractivity (Wildman–Crippen MR) is 168 cm³/mol. The molecule has 0 spiro atoms. The molecule has 0 aliphatic heterocycles. The van der Waals surface area contributed by atoms with Crippen LogP contribution in [0.15, 0.2) is 71.6 Å². The van der Waals surface area contributed by atoms with Crippen molar-refractivity contribution in [3.63, 3.8) is 0 Å². The van der Waals surface area contributed by atoms with Gasteiger partial charge in [0, 0.05) is 12.1 Å². The van der Waals surface area contributed by atoms with Gasteiger partial charge in [-0.3, -0.25) is 13.9 Å². The molecule has 3 aromatic carbocycles. The highest BCUT2D eigenvalue weighted by Crippen LogP contribution is 2.38. The Balaban J connectivity index is 2.17. The number of nitrogens with zero attached hydrogens (tertiary/aromatic N) is 2. The number of carbonyl (C=O) groups excluding carboxylic acids is 2. The third-order valence-corrected chi connectivity index (χ3v) is 8.92. The van der Waals surface area contributed by atoms with Crippen LogP contribution in [0.4, 0.5) is 18.9 Å². The van der Waals surface area contributed by atoms with E-state index in [0.29, 0.717) is 21.7 Å². The van der Waals surface area contributed by atoms with Crippen LogP contribution in [-0.2, 0) is 32.3 Å². The lowest BCUT2D eigenvalue weighted by atomic mass is 10.1. The van der Waals surface area contributed by atoms with E-state index in [9.17, 15) is 31.2 Å². The van der Waals surface area contributed by atoms with Crippen LogP contribution in [0.1, 0.15) is 50.8 Å². The minimum absolute atomic E-state index is 0.112. The molecule has 0 aromatic heterocycles. The van der Waals surface area contributed by atoms with Crippen molar-refractivity contribution in [2.75, 3.05) is 18.0 Å². The molecule has 8 nitrogen and oxygen atoms in total. The van der Waals surface area contributed by atoms with Crippen LogP contribution >= 0.6 is 11.6 Å². The number of anilines is 1.